The minimum Gasteiger partial charge on any atom is -0.494 e. The lowest BCUT2D eigenvalue weighted by molar-refractivity contribution is -0.384. The van der Waals surface area contributed by atoms with E-state index in [9.17, 15) is 44.3 Å². The molecule has 0 aliphatic heterocycles. The molecule has 3 aromatic rings. The number of aromatic amines is 4. The number of hydrogen-bond acceptors (Lipinski definition) is 9. The molecule has 0 aliphatic rings. The zero-order valence-electron chi connectivity index (χ0n) is 14.6. The molecular weight excluding hydrogens is 406 g/mol. The molecule has 0 spiro atoms. The van der Waals surface area contributed by atoms with Crippen molar-refractivity contribution in [3.63, 3.8) is 0 Å². The van der Waals surface area contributed by atoms with Crippen LogP contribution in [-0.2, 0) is 0 Å². The summed E-state index contributed by atoms with van der Waals surface area (Å²) in [5, 5.41) is 31.2. The summed E-state index contributed by atoms with van der Waals surface area (Å²) in [5.41, 5.74) is -7.30. The molecule has 0 unspecified atom stereocenters. The minimum absolute atomic E-state index is 0.357. The molecule has 154 valence electrons. The molecule has 0 fully saturated rings. The molecular formula is C16H11N5O9. The lowest BCUT2D eigenvalue weighted by Gasteiger charge is -2.16. The third kappa shape index (κ3) is 3.51. The number of nitrogens with one attached hydrogen (secondary N) is 4. The fraction of sp³-hybridized carbons (Fsp3) is 0.0625. The normalized spacial score (nSPS) is 10.8. The van der Waals surface area contributed by atoms with E-state index in [1.54, 1.807) is 9.97 Å². The Labute approximate surface area is 162 Å². The maximum Gasteiger partial charge on any atom is 0.328 e. The summed E-state index contributed by atoms with van der Waals surface area (Å²) in [6, 6.07) is 4.23. The zero-order chi connectivity index (χ0) is 22.2. The first kappa shape index (κ1) is 20.0. The lowest BCUT2D eigenvalue weighted by atomic mass is 9.86. The Balaban J connectivity index is 2.36. The van der Waals surface area contributed by atoms with Crippen molar-refractivity contribution in [1.82, 2.24) is 19.9 Å². The summed E-state index contributed by atoms with van der Waals surface area (Å²) in [7, 11) is 0. The maximum absolute atomic E-state index is 13.2. The number of aromatic nitrogens is 4. The topological polar surface area (TPSA) is 232 Å². The van der Waals surface area contributed by atoms with Gasteiger partial charge in [-0.25, -0.2) is 9.59 Å². The molecule has 2 heterocycles. The van der Waals surface area contributed by atoms with E-state index < -0.39 is 67.7 Å². The number of nitro benzene ring substituents is 1. The molecule has 2 aromatic heterocycles. The first-order valence-electron chi connectivity index (χ1n) is 7.99. The summed E-state index contributed by atoms with van der Waals surface area (Å²) in [6.45, 7) is 0. The smallest absolute Gasteiger partial charge is 0.328 e. The van der Waals surface area contributed by atoms with Crippen LogP contribution in [0, 0.1) is 10.1 Å². The summed E-state index contributed by atoms with van der Waals surface area (Å²) in [6.07, 6.45) is 0. The Morgan fingerprint density at radius 2 is 1.40 bits per heavy atom. The third-order valence-corrected chi connectivity index (χ3v) is 4.10. The highest BCUT2D eigenvalue weighted by atomic mass is 16.6. The standard InChI is InChI=1S/C16H11N5O9/c22-10(5-2-1-3-6(4-5)21(29)30)7(8-11(23)17-15(27)18-12(8)24)9-13(25)19-16(28)20-14(9)26/h1-4,7H,(H3,17,18,23,24,27)(H3,19,20,25,26,28). The van der Waals surface area contributed by atoms with Gasteiger partial charge >= 0.3 is 11.4 Å². The Bertz CT molecular complexity index is 1340. The monoisotopic (exact) mass is 417 g/mol. The van der Waals surface area contributed by atoms with E-state index in [1.165, 1.54) is 0 Å². The summed E-state index contributed by atoms with van der Waals surface area (Å²) >= 11 is 0. The second-order valence-corrected chi connectivity index (χ2v) is 5.95. The number of aromatic hydroxyl groups is 2. The van der Waals surface area contributed by atoms with E-state index in [1.807, 2.05) is 9.97 Å². The van der Waals surface area contributed by atoms with E-state index >= 15 is 0 Å². The molecule has 6 N–H and O–H groups in total. The number of benzene rings is 1. The van der Waals surface area contributed by atoms with Gasteiger partial charge < -0.3 is 10.2 Å². The molecule has 0 radical (unpaired) electrons. The van der Waals surface area contributed by atoms with Gasteiger partial charge in [0.05, 0.1) is 22.0 Å². The van der Waals surface area contributed by atoms with Crippen molar-refractivity contribution in [3.05, 3.63) is 92.7 Å². The molecule has 1 aromatic carbocycles. The SMILES string of the molecule is O=C(c1cccc([N+](=O)[O-])c1)C(c1c(O)[nH]c(=O)[nH]c1=O)c1c(O)[nH]c(=O)[nH]c1=O. The van der Waals surface area contributed by atoms with Crippen LogP contribution in [0.4, 0.5) is 5.69 Å². The van der Waals surface area contributed by atoms with Crippen LogP contribution in [0.3, 0.4) is 0 Å². The largest absolute Gasteiger partial charge is 0.494 e. The average molecular weight is 417 g/mol. The quantitative estimate of drug-likeness (QED) is 0.165. The number of hydrogen-bond donors (Lipinski definition) is 6. The number of nitrogens with zero attached hydrogens (tertiary/aromatic N) is 1. The fourth-order valence-electron chi connectivity index (χ4n) is 2.85. The maximum atomic E-state index is 13.2. The first-order chi connectivity index (χ1) is 14.1. The van der Waals surface area contributed by atoms with E-state index in [4.69, 9.17) is 0 Å². The molecule has 0 saturated carbocycles. The molecule has 0 bridgehead atoms. The molecule has 0 aliphatic carbocycles. The van der Waals surface area contributed by atoms with E-state index in [-0.39, 0.29) is 5.56 Å². The van der Waals surface area contributed by atoms with Crippen molar-refractivity contribution in [2.24, 2.45) is 0 Å². The number of carbonyl (C=O) groups is 1. The van der Waals surface area contributed by atoms with Gasteiger partial charge in [-0.3, -0.25) is 44.4 Å². The van der Waals surface area contributed by atoms with Gasteiger partial charge in [0.2, 0.25) is 11.8 Å². The van der Waals surface area contributed by atoms with Gasteiger partial charge in [-0.2, -0.15) is 0 Å². The second-order valence-electron chi connectivity index (χ2n) is 5.95. The van der Waals surface area contributed by atoms with Crippen LogP contribution >= 0.6 is 0 Å². The van der Waals surface area contributed by atoms with E-state index in [2.05, 4.69) is 0 Å². The highest BCUT2D eigenvalue weighted by Gasteiger charge is 2.35. The van der Waals surface area contributed by atoms with Crippen molar-refractivity contribution in [3.8, 4) is 11.8 Å². The fourth-order valence-corrected chi connectivity index (χ4v) is 2.85. The first-order valence-corrected chi connectivity index (χ1v) is 7.99. The Morgan fingerprint density at radius 1 is 0.900 bits per heavy atom. The summed E-state index contributed by atoms with van der Waals surface area (Å²) in [4.78, 5) is 77.9. The predicted molar refractivity (Wildman–Crippen MR) is 98.0 cm³/mol. The average Bonchev–Trinajstić information content (AvgIpc) is 2.64. The molecule has 14 nitrogen and oxygen atoms in total. The highest BCUT2D eigenvalue weighted by molar-refractivity contribution is 6.03. The van der Waals surface area contributed by atoms with Crippen molar-refractivity contribution in [1.29, 1.82) is 0 Å². The lowest BCUT2D eigenvalue weighted by Crippen LogP contribution is -2.34. The van der Waals surface area contributed by atoms with Gasteiger partial charge in [-0.1, -0.05) is 12.1 Å². The van der Waals surface area contributed by atoms with Crippen molar-refractivity contribution >= 4 is 11.5 Å². The Kier molecular flexibility index (Phi) is 4.89. The van der Waals surface area contributed by atoms with Crippen molar-refractivity contribution in [2.45, 2.75) is 5.92 Å². The Morgan fingerprint density at radius 3 is 1.83 bits per heavy atom. The van der Waals surface area contributed by atoms with Gasteiger partial charge in [-0.05, 0) is 0 Å². The van der Waals surface area contributed by atoms with Crippen LogP contribution in [0.25, 0.3) is 0 Å². The van der Waals surface area contributed by atoms with Gasteiger partial charge in [0.1, 0.15) is 0 Å². The van der Waals surface area contributed by atoms with Crippen LogP contribution in [0.15, 0.2) is 43.4 Å². The summed E-state index contributed by atoms with van der Waals surface area (Å²) in [5.74, 6) is -5.34. The molecule has 30 heavy (non-hydrogen) atoms. The predicted octanol–water partition coefficient (Wildman–Crippen LogP) is -1.23. The van der Waals surface area contributed by atoms with Crippen molar-refractivity contribution in [2.75, 3.05) is 0 Å². The number of carbonyl (C=O) groups excluding carboxylic acids is 1. The van der Waals surface area contributed by atoms with E-state index in [0.717, 1.165) is 24.3 Å². The number of rotatable bonds is 5. The van der Waals surface area contributed by atoms with Crippen LogP contribution in [0.5, 0.6) is 11.8 Å². The molecule has 0 amide bonds. The van der Waals surface area contributed by atoms with Crippen LogP contribution in [0.1, 0.15) is 27.4 Å². The van der Waals surface area contributed by atoms with Gasteiger partial charge in [0.25, 0.3) is 16.8 Å². The molecule has 14 heteroatoms. The van der Waals surface area contributed by atoms with Gasteiger partial charge in [0.15, 0.2) is 5.78 Å². The van der Waals surface area contributed by atoms with Crippen LogP contribution in [0.2, 0.25) is 0 Å². The van der Waals surface area contributed by atoms with Crippen LogP contribution in [-0.4, -0.2) is 40.9 Å². The molecule has 0 saturated heterocycles. The minimum atomic E-state index is -2.05. The molecule has 0 atom stereocenters. The Hall–Kier alpha value is -4.75. The second kappa shape index (κ2) is 7.34. The third-order valence-electron chi connectivity index (χ3n) is 4.10. The number of ketones is 1. The molecule has 3 rings (SSSR count). The van der Waals surface area contributed by atoms with Gasteiger partial charge in [0, 0.05) is 17.7 Å². The zero-order valence-corrected chi connectivity index (χ0v) is 14.6. The van der Waals surface area contributed by atoms with E-state index in [0.29, 0.717) is 0 Å². The number of H-pyrrole nitrogens is 4. The van der Waals surface area contributed by atoms with Crippen LogP contribution < -0.4 is 22.5 Å². The number of non-ortho nitro benzene ring substituents is 1. The number of nitro groups is 1. The number of Topliss-reactive ketones (excluding diaryl/α,β-unsaturated/α-hetero) is 1. The van der Waals surface area contributed by atoms with Gasteiger partial charge in [-0.15, -0.1) is 0 Å². The summed E-state index contributed by atoms with van der Waals surface area (Å²) < 4.78 is 0. The highest BCUT2D eigenvalue weighted by Crippen LogP contribution is 2.32. The van der Waals surface area contributed by atoms with Crippen molar-refractivity contribution < 1.29 is 19.9 Å².